The summed E-state index contributed by atoms with van der Waals surface area (Å²) in [7, 11) is 1.91. The Morgan fingerprint density at radius 3 is 2.48 bits per heavy atom. The number of nitro groups is 1. The minimum atomic E-state index is -0.880. The first-order valence-electron chi connectivity index (χ1n) is 9.28. The van der Waals surface area contributed by atoms with E-state index in [4.69, 9.17) is 0 Å². The van der Waals surface area contributed by atoms with Gasteiger partial charge in [-0.3, -0.25) is 19.7 Å². The quantitative estimate of drug-likeness (QED) is 0.456. The molecule has 1 saturated heterocycles. The van der Waals surface area contributed by atoms with Gasteiger partial charge in [-0.15, -0.1) is 0 Å². The Labute approximate surface area is 166 Å². The van der Waals surface area contributed by atoms with Crippen molar-refractivity contribution in [1.82, 2.24) is 9.47 Å². The number of aliphatic hydroxyl groups is 1. The second-order valence-electron chi connectivity index (χ2n) is 7.37. The number of fused-ring (bicyclic) bond motifs is 1. The van der Waals surface area contributed by atoms with Crippen LogP contribution in [-0.2, 0) is 0 Å². The number of piperazine rings is 1. The van der Waals surface area contributed by atoms with Gasteiger partial charge in [0.25, 0.3) is 0 Å². The predicted molar refractivity (Wildman–Crippen MR) is 106 cm³/mol. The monoisotopic (exact) mass is 406 g/mol. The van der Waals surface area contributed by atoms with Crippen molar-refractivity contribution in [3.05, 3.63) is 44.0 Å². The van der Waals surface area contributed by atoms with Gasteiger partial charge in [-0.05, 0) is 27.0 Å². The molecule has 1 aliphatic heterocycles. The molecule has 1 N–H and O–H groups in total. The van der Waals surface area contributed by atoms with Crippen LogP contribution in [0.2, 0.25) is 0 Å². The number of hydrogen-bond donors (Lipinski definition) is 1. The lowest BCUT2D eigenvalue weighted by Crippen LogP contribution is -2.45. The van der Waals surface area contributed by atoms with Crippen LogP contribution in [0.4, 0.5) is 15.8 Å². The molecule has 0 bridgehead atoms. The van der Waals surface area contributed by atoms with E-state index in [1.54, 1.807) is 11.8 Å². The van der Waals surface area contributed by atoms with Crippen LogP contribution in [-0.4, -0.2) is 65.1 Å². The van der Waals surface area contributed by atoms with Crippen LogP contribution in [0.3, 0.4) is 0 Å². The molecule has 156 valence electrons. The smallest absolute Gasteiger partial charge is 0.319 e. The summed E-state index contributed by atoms with van der Waals surface area (Å²) in [5.74, 6) is -1.42. The lowest BCUT2D eigenvalue weighted by molar-refractivity contribution is -0.382. The van der Waals surface area contributed by atoms with Gasteiger partial charge in [0.05, 0.1) is 28.5 Å². The van der Waals surface area contributed by atoms with Crippen LogP contribution in [0.5, 0.6) is 0 Å². The molecule has 1 aliphatic rings. The van der Waals surface area contributed by atoms with Crippen LogP contribution in [0.15, 0.2) is 17.1 Å². The molecule has 3 rings (SSSR count). The van der Waals surface area contributed by atoms with Crippen molar-refractivity contribution in [1.29, 1.82) is 0 Å². The Hall–Kier alpha value is -2.85. The highest BCUT2D eigenvalue weighted by Gasteiger charge is 2.33. The zero-order valence-electron chi connectivity index (χ0n) is 16.5. The molecule has 1 atom stereocenters. The molecular formula is C19H23FN4O5. The van der Waals surface area contributed by atoms with Crippen molar-refractivity contribution in [3.8, 4) is 0 Å². The third-order valence-corrected chi connectivity index (χ3v) is 5.34. The van der Waals surface area contributed by atoms with Gasteiger partial charge in [-0.2, -0.15) is 0 Å². The van der Waals surface area contributed by atoms with Gasteiger partial charge >= 0.3 is 5.69 Å². The third-order valence-electron chi connectivity index (χ3n) is 5.34. The minimum Gasteiger partial charge on any atom is -0.394 e. The fraction of sp³-hybridized carbons (Fsp3) is 0.474. The minimum absolute atomic E-state index is 0.0955. The van der Waals surface area contributed by atoms with E-state index >= 15 is 4.39 Å². The standard InChI is InChI=1S/C19H23FN4O5/c1-11(10-25)23-9-14(12(2)26)19(27)13-8-15(20)17(18(16(13)23)24(28)29)22-6-4-21(3)5-7-22/h8-9,11,25H,4-7,10H2,1-3H3. The molecule has 1 aromatic heterocycles. The maximum Gasteiger partial charge on any atom is 0.319 e. The van der Waals surface area contributed by atoms with Crippen molar-refractivity contribution in [2.45, 2.75) is 19.9 Å². The molecule has 0 radical (unpaired) electrons. The number of rotatable bonds is 5. The normalized spacial score (nSPS) is 16.2. The predicted octanol–water partition coefficient (Wildman–Crippen LogP) is 1.56. The fourth-order valence-corrected chi connectivity index (χ4v) is 3.65. The molecule has 0 spiro atoms. The van der Waals surface area contributed by atoms with E-state index in [1.165, 1.54) is 17.7 Å². The van der Waals surface area contributed by atoms with Crippen molar-refractivity contribution in [3.63, 3.8) is 0 Å². The number of aliphatic hydroxyl groups excluding tert-OH is 1. The first-order valence-corrected chi connectivity index (χ1v) is 9.28. The Morgan fingerprint density at radius 1 is 1.34 bits per heavy atom. The summed E-state index contributed by atoms with van der Waals surface area (Å²) >= 11 is 0. The average Bonchev–Trinajstić information content (AvgIpc) is 2.67. The number of carbonyl (C=O) groups is 1. The van der Waals surface area contributed by atoms with Gasteiger partial charge in [0.2, 0.25) is 5.43 Å². The largest absolute Gasteiger partial charge is 0.394 e. The van der Waals surface area contributed by atoms with Crippen LogP contribution >= 0.6 is 0 Å². The molecule has 0 amide bonds. The van der Waals surface area contributed by atoms with Gasteiger partial charge in [-0.25, -0.2) is 4.39 Å². The molecule has 1 fully saturated rings. The summed E-state index contributed by atoms with van der Waals surface area (Å²) in [6, 6.07) is 0.298. The molecule has 9 nitrogen and oxygen atoms in total. The highest BCUT2D eigenvalue weighted by Crippen LogP contribution is 2.39. The second-order valence-corrected chi connectivity index (χ2v) is 7.37. The second kappa shape index (κ2) is 7.88. The summed E-state index contributed by atoms with van der Waals surface area (Å²) in [5.41, 5.74) is -1.77. The highest BCUT2D eigenvalue weighted by atomic mass is 19.1. The topological polar surface area (TPSA) is 109 Å². The number of anilines is 1. The fourth-order valence-electron chi connectivity index (χ4n) is 3.65. The van der Waals surface area contributed by atoms with E-state index in [9.17, 15) is 24.8 Å². The highest BCUT2D eigenvalue weighted by molar-refractivity contribution is 6.01. The van der Waals surface area contributed by atoms with Crippen molar-refractivity contribution >= 4 is 28.1 Å². The summed E-state index contributed by atoms with van der Waals surface area (Å²) in [5, 5.41) is 21.4. The lowest BCUT2D eigenvalue weighted by Gasteiger charge is -2.34. The Morgan fingerprint density at radius 2 is 1.97 bits per heavy atom. The number of hydrogen-bond acceptors (Lipinski definition) is 7. The molecule has 2 heterocycles. The van der Waals surface area contributed by atoms with Crippen LogP contribution < -0.4 is 10.3 Å². The van der Waals surface area contributed by atoms with E-state index < -0.39 is 33.7 Å². The van der Waals surface area contributed by atoms with E-state index in [1.807, 2.05) is 11.9 Å². The number of ketones is 1. The lowest BCUT2D eigenvalue weighted by atomic mass is 10.0. The van der Waals surface area contributed by atoms with E-state index in [0.29, 0.717) is 26.2 Å². The molecule has 2 aromatic rings. The van der Waals surface area contributed by atoms with E-state index in [-0.39, 0.29) is 28.8 Å². The van der Waals surface area contributed by atoms with Crippen LogP contribution in [0.25, 0.3) is 10.9 Å². The molecular weight excluding hydrogens is 383 g/mol. The number of nitrogens with zero attached hydrogens (tertiary/aromatic N) is 4. The molecule has 10 heteroatoms. The summed E-state index contributed by atoms with van der Waals surface area (Å²) in [6.07, 6.45) is 1.21. The van der Waals surface area contributed by atoms with Crippen molar-refractivity contribution < 1.29 is 19.2 Å². The van der Waals surface area contributed by atoms with Crippen LogP contribution in [0, 0.1) is 15.9 Å². The zero-order valence-corrected chi connectivity index (χ0v) is 16.5. The van der Waals surface area contributed by atoms with Crippen LogP contribution in [0.1, 0.15) is 30.2 Å². The van der Waals surface area contributed by atoms with Gasteiger partial charge < -0.3 is 19.5 Å². The first kappa shape index (κ1) is 20.9. The summed E-state index contributed by atoms with van der Waals surface area (Å²) in [6.45, 7) is 4.41. The Kier molecular flexibility index (Phi) is 5.67. The number of halogens is 1. The average molecular weight is 406 g/mol. The van der Waals surface area contributed by atoms with E-state index in [2.05, 4.69) is 0 Å². The SMILES string of the molecule is CC(=O)c1cn(C(C)CO)c2c([N+](=O)[O-])c(N3CCN(C)CC3)c(F)cc2c1=O. The molecule has 0 saturated carbocycles. The Balaban J connectivity index is 2.44. The van der Waals surface area contributed by atoms with Gasteiger partial charge in [0, 0.05) is 32.4 Å². The van der Waals surface area contributed by atoms with Gasteiger partial charge in [-0.1, -0.05) is 0 Å². The van der Waals surface area contributed by atoms with Crippen molar-refractivity contribution in [2.75, 3.05) is 44.7 Å². The number of pyridine rings is 1. The number of Topliss-reactive ketones (excluding diaryl/α,β-unsaturated/α-hetero) is 1. The molecule has 0 aliphatic carbocycles. The summed E-state index contributed by atoms with van der Waals surface area (Å²) in [4.78, 5) is 39.7. The first-order chi connectivity index (χ1) is 13.7. The maximum absolute atomic E-state index is 15.1. The molecule has 1 unspecified atom stereocenters. The van der Waals surface area contributed by atoms with Gasteiger partial charge in [0.15, 0.2) is 17.3 Å². The van der Waals surface area contributed by atoms with E-state index in [0.717, 1.165) is 6.07 Å². The third kappa shape index (κ3) is 3.60. The number of benzene rings is 1. The Bertz CT molecular complexity index is 1040. The summed E-state index contributed by atoms with van der Waals surface area (Å²) < 4.78 is 16.4. The van der Waals surface area contributed by atoms with Gasteiger partial charge in [0.1, 0.15) is 5.52 Å². The number of carbonyl (C=O) groups excluding carboxylic acids is 1. The van der Waals surface area contributed by atoms with Crippen molar-refractivity contribution in [2.24, 2.45) is 0 Å². The molecule has 29 heavy (non-hydrogen) atoms. The zero-order chi connectivity index (χ0) is 21.5. The number of aromatic nitrogens is 1. The molecule has 1 aromatic carbocycles. The number of nitro benzene ring substituents is 1. The number of likely N-dealkylation sites (N-methyl/N-ethyl adjacent to an activating group) is 1. The maximum atomic E-state index is 15.1.